The molecule has 80 valence electrons. The van der Waals surface area contributed by atoms with Gasteiger partial charge in [-0.2, -0.15) is 11.8 Å². The zero-order valence-electron chi connectivity index (χ0n) is 8.81. The summed E-state index contributed by atoms with van der Waals surface area (Å²) in [6.07, 6.45) is 3.84. The minimum Gasteiger partial charge on any atom is -0.396 e. The van der Waals surface area contributed by atoms with Gasteiger partial charge < -0.3 is 9.67 Å². The predicted octanol–water partition coefficient (Wildman–Crippen LogP) is 1.55. The molecule has 0 aliphatic rings. The molecule has 1 N–H and O–H groups in total. The lowest BCUT2D eigenvalue weighted by Crippen LogP contribution is -2.06. The van der Waals surface area contributed by atoms with Crippen LogP contribution in [-0.4, -0.2) is 32.8 Å². The Hall–Kier alpha value is -0.480. The molecule has 0 saturated heterocycles. The number of aryl methyl sites for hydroxylation is 2. The van der Waals surface area contributed by atoms with Crippen molar-refractivity contribution in [2.24, 2.45) is 5.92 Å². The summed E-state index contributed by atoms with van der Waals surface area (Å²) in [4.78, 5) is 4.16. The van der Waals surface area contributed by atoms with E-state index < -0.39 is 0 Å². The van der Waals surface area contributed by atoms with Gasteiger partial charge in [-0.25, -0.2) is 4.98 Å². The summed E-state index contributed by atoms with van der Waals surface area (Å²) in [5, 5.41) is 8.83. The van der Waals surface area contributed by atoms with Crippen LogP contribution in [0.15, 0.2) is 12.4 Å². The molecule has 0 aliphatic carbocycles. The van der Waals surface area contributed by atoms with Gasteiger partial charge in [-0.15, -0.1) is 0 Å². The number of hydrogen-bond acceptors (Lipinski definition) is 3. The van der Waals surface area contributed by atoms with Crippen molar-refractivity contribution < 1.29 is 5.11 Å². The van der Waals surface area contributed by atoms with E-state index in [9.17, 15) is 0 Å². The van der Waals surface area contributed by atoms with Crippen molar-refractivity contribution in [3.8, 4) is 0 Å². The smallest absolute Gasteiger partial charge is 0.105 e. The van der Waals surface area contributed by atoms with Crippen molar-refractivity contribution in [1.82, 2.24) is 9.55 Å². The summed E-state index contributed by atoms with van der Waals surface area (Å²) in [6, 6.07) is 0. The Labute approximate surface area is 89.5 Å². The first-order valence-corrected chi connectivity index (χ1v) is 6.06. The van der Waals surface area contributed by atoms with E-state index in [1.165, 1.54) is 0 Å². The monoisotopic (exact) mass is 214 g/mol. The molecule has 1 aromatic rings. The summed E-state index contributed by atoms with van der Waals surface area (Å²) in [6.45, 7) is 5.38. The van der Waals surface area contributed by atoms with E-state index in [1.54, 1.807) is 0 Å². The predicted molar refractivity (Wildman–Crippen MR) is 60.5 cm³/mol. The Balaban J connectivity index is 2.13. The van der Waals surface area contributed by atoms with Crippen molar-refractivity contribution in [3.05, 3.63) is 18.2 Å². The molecule has 0 amide bonds. The highest BCUT2D eigenvalue weighted by molar-refractivity contribution is 7.99. The molecule has 0 bridgehead atoms. The summed E-state index contributed by atoms with van der Waals surface area (Å²) >= 11 is 1.88. The van der Waals surface area contributed by atoms with Crippen LogP contribution in [0.2, 0.25) is 0 Å². The maximum atomic E-state index is 8.83. The van der Waals surface area contributed by atoms with Gasteiger partial charge in [0.25, 0.3) is 0 Å². The van der Waals surface area contributed by atoms with E-state index in [-0.39, 0.29) is 6.61 Å². The van der Waals surface area contributed by atoms with Gasteiger partial charge in [0.05, 0.1) is 0 Å². The minimum atomic E-state index is 0.289. The molecule has 1 heterocycles. The van der Waals surface area contributed by atoms with Crippen LogP contribution in [0.25, 0.3) is 0 Å². The van der Waals surface area contributed by atoms with Gasteiger partial charge in [0.15, 0.2) is 0 Å². The standard InChI is InChI=1S/C10H18N2OS/c1-9(7-13)8-14-6-5-12-4-3-11-10(12)2/h3-4,9,13H,5-8H2,1-2H3. The van der Waals surface area contributed by atoms with Gasteiger partial charge in [-0.3, -0.25) is 0 Å². The van der Waals surface area contributed by atoms with E-state index in [4.69, 9.17) is 5.11 Å². The number of imidazole rings is 1. The fraction of sp³-hybridized carbons (Fsp3) is 0.700. The third kappa shape index (κ3) is 3.72. The number of aliphatic hydroxyl groups is 1. The van der Waals surface area contributed by atoms with Crippen LogP contribution in [0.5, 0.6) is 0 Å². The topological polar surface area (TPSA) is 38.0 Å². The van der Waals surface area contributed by atoms with Crippen molar-refractivity contribution in [2.45, 2.75) is 20.4 Å². The molecule has 1 unspecified atom stereocenters. The molecule has 1 rings (SSSR count). The lowest BCUT2D eigenvalue weighted by atomic mass is 10.2. The first-order valence-electron chi connectivity index (χ1n) is 4.90. The normalized spacial score (nSPS) is 13.1. The van der Waals surface area contributed by atoms with Gasteiger partial charge in [-0.1, -0.05) is 6.92 Å². The van der Waals surface area contributed by atoms with E-state index in [2.05, 4.69) is 16.5 Å². The fourth-order valence-electron chi connectivity index (χ4n) is 1.14. The SMILES string of the molecule is Cc1nccn1CCSCC(C)CO. The van der Waals surface area contributed by atoms with E-state index in [0.717, 1.165) is 23.9 Å². The van der Waals surface area contributed by atoms with Gasteiger partial charge in [0, 0.05) is 31.3 Å². The van der Waals surface area contributed by atoms with Crippen LogP contribution in [0, 0.1) is 12.8 Å². The quantitative estimate of drug-likeness (QED) is 0.730. The van der Waals surface area contributed by atoms with Crippen LogP contribution >= 0.6 is 11.8 Å². The fourth-order valence-corrected chi connectivity index (χ4v) is 2.14. The first kappa shape index (κ1) is 11.6. The maximum Gasteiger partial charge on any atom is 0.105 e. The van der Waals surface area contributed by atoms with Crippen molar-refractivity contribution >= 4 is 11.8 Å². The van der Waals surface area contributed by atoms with E-state index in [0.29, 0.717) is 5.92 Å². The van der Waals surface area contributed by atoms with E-state index >= 15 is 0 Å². The third-order valence-electron chi connectivity index (χ3n) is 2.11. The highest BCUT2D eigenvalue weighted by Crippen LogP contribution is 2.08. The number of hydrogen-bond donors (Lipinski definition) is 1. The van der Waals surface area contributed by atoms with Crippen molar-refractivity contribution in [1.29, 1.82) is 0 Å². The lowest BCUT2D eigenvalue weighted by Gasteiger charge is -2.08. The Kier molecular flexibility index (Phi) is 5.04. The molecule has 1 aromatic heterocycles. The molecule has 0 aliphatic heterocycles. The molecule has 1 atom stereocenters. The number of aromatic nitrogens is 2. The van der Waals surface area contributed by atoms with E-state index in [1.807, 2.05) is 31.1 Å². The second-order valence-corrected chi connectivity index (χ2v) is 4.68. The summed E-state index contributed by atoms with van der Waals surface area (Å²) in [5.41, 5.74) is 0. The number of rotatable bonds is 6. The number of aliphatic hydroxyl groups excluding tert-OH is 1. The van der Waals surface area contributed by atoms with Crippen LogP contribution in [0.3, 0.4) is 0 Å². The van der Waals surface area contributed by atoms with Gasteiger partial charge in [0.2, 0.25) is 0 Å². The largest absolute Gasteiger partial charge is 0.396 e. The molecule has 0 radical (unpaired) electrons. The van der Waals surface area contributed by atoms with Gasteiger partial charge >= 0.3 is 0 Å². The average Bonchev–Trinajstić information content (AvgIpc) is 2.58. The Morgan fingerprint density at radius 2 is 2.43 bits per heavy atom. The summed E-state index contributed by atoms with van der Waals surface area (Å²) in [7, 11) is 0. The van der Waals surface area contributed by atoms with Crippen LogP contribution in [-0.2, 0) is 6.54 Å². The van der Waals surface area contributed by atoms with Gasteiger partial charge in [0.1, 0.15) is 5.82 Å². The van der Waals surface area contributed by atoms with Crippen molar-refractivity contribution in [2.75, 3.05) is 18.1 Å². The van der Waals surface area contributed by atoms with Gasteiger partial charge in [-0.05, 0) is 18.6 Å². The highest BCUT2D eigenvalue weighted by atomic mass is 32.2. The maximum absolute atomic E-state index is 8.83. The van der Waals surface area contributed by atoms with Crippen LogP contribution in [0.4, 0.5) is 0 Å². The molecule has 0 fully saturated rings. The molecule has 0 aromatic carbocycles. The molecule has 14 heavy (non-hydrogen) atoms. The first-order chi connectivity index (χ1) is 6.74. The summed E-state index contributed by atoms with van der Waals surface area (Å²) < 4.78 is 2.15. The Morgan fingerprint density at radius 1 is 1.64 bits per heavy atom. The second kappa shape index (κ2) is 6.09. The zero-order chi connectivity index (χ0) is 10.4. The van der Waals surface area contributed by atoms with Crippen molar-refractivity contribution in [3.63, 3.8) is 0 Å². The zero-order valence-corrected chi connectivity index (χ0v) is 9.63. The minimum absolute atomic E-state index is 0.289. The summed E-state index contributed by atoms with van der Waals surface area (Å²) in [5.74, 6) is 3.59. The lowest BCUT2D eigenvalue weighted by molar-refractivity contribution is 0.250. The molecule has 4 heteroatoms. The van der Waals surface area contributed by atoms with Crippen LogP contribution in [0.1, 0.15) is 12.7 Å². The number of nitrogens with zero attached hydrogens (tertiary/aromatic N) is 2. The molecular formula is C10H18N2OS. The second-order valence-electron chi connectivity index (χ2n) is 3.53. The Bertz CT molecular complexity index is 262. The number of thioether (sulfide) groups is 1. The third-order valence-corrected chi connectivity index (χ3v) is 3.39. The molecule has 0 saturated carbocycles. The Morgan fingerprint density at radius 3 is 3.00 bits per heavy atom. The highest BCUT2D eigenvalue weighted by Gasteiger charge is 2.00. The molecule has 0 spiro atoms. The average molecular weight is 214 g/mol. The molecule has 3 nitrogen and oxygen atoms in total. The molecular weight excluding hydrogens is 196 g/mol. The van der Waals surface area contributed by atoms with Crippen LogP contribution < -0.4 is 0 Å².